The lowest BCUT2D eigenvalue weighted by atomic mass is 10.1. The fraction of sp³-hybridized carbons (Fsp3) is 0.611. The van der Waals surface area contributed by atoms with Crippen LogP contribution in [0.2, 0.25) is 0 Å². The number of likely N-dealkylation sites (tertiary alicyclic amines) is 1. The Bertz CT molecular complexity index is 738. The first-order valence-corrected chi connectivity index (χ1v) is 8.65. The highest BCUT2D eigenvalue weighted by molar-refractivity contribution is 5.76. The molecule has 3 rings (SSSR count). The van der Waals surface area contributed by atoms with Gasteiger partial charge in [-0.1, -0.05) is 0 Å². The van der Waals surface area contributed by atoms with E-state index in [1.165, 1.54) is 11.3 Å². The average Bonchev–Trinajstić information content (AvgIpc) is 3.19. The Hall–Kier alpha value is -2.11. The summed E-state index contributed by atoms with van der Waals surface area (Å²) in [4.78, 5) is 19.0. The maximum Gasteiger partial charge on any atom is 0.222 e. The maximum atomic E-state index is 12.6. The van der Waals surface area contributed by atoms with Crippen LogP contribution in [-0.4, -0.2) is 43.2 Å². The molecule has 130 valence electrons. The number of carbonyl (C=O) groups is 1. The predicted octanol–water partition coefficient (Wildman–Crippen LogP) is 2.26. The Morgan fingerprint density at radius 3 is 2.62 bits per heavy atom. The van der Waals surface area contributed by atoms with Crippen molar-refractivity contribution in [3.8, 4) is 0 Å². The highest BCUT2D eigenvalue weighted by Crippen LogP contribution is 2.25. The summed E-state index contributed by atoms with van der Waals surface area (Å²) in [6.45, 7) is 9.83. The van der Waals surface area contributed by atoms with Gasteiger partial charge in [-0.3, -0.25) is 9.48 Å². The summed E-state index contributed by atoms with van der Waals surface area (Å²) < 4.78 is 4.16. The Labute approximate surface area is 143 Å². The zero-order chi connectivity index (χ0) is 17.4. The third-order valence-electron chi connectivity index (χ3n) is 5.30. The SMILES string of the molecule is Cc1nn(C)c(C)c1CCC(=O)N1CCC(n2c(C)cnc2C)C1. The summed E-state index contributed by atoms with van der Waals surface area (Å²) in [5.41, 5.74) is 4.58. The molecule has 1 amide bonds. The van der Waals surface area contributed by atoms with Crippen molar-refractivity contribution in [3.05, 3.63) is 34.7 Å². The normalized spacial score (nSPS) is 17.7. The zero-order valence-corrected chi connectivity index (χ0v) is 15.3. The number of amides is 1. The van der Waals surface area contributed by atoms with E-state index >= 15 is 0 Å². The van der Waals surface area contributed by atoms with Gasteiger partial charge in [0.1, 0.15) is 5.82 Å². The van der Waals surface area contributed by atoms with Crippen molar-refractivity contribution in [2.45, 2.75) is 53.0 Å². The molecule has 2 aromatic heterocycles. The van der Waals surface area contributed by atoms with Gasteiger partial charge >= 0.3 is 0 Å². The number of imidazole rings is 1. The first-order chi connectivity index (χ1) is 11.4. The Morgan fingerprint density at radius 2 is 2.04 bits per heavy atom. The smallest absolute Gasteiger partial charge is 0.222 e. The number of hydrogen-bond donors (Lipinski definition) is 0. The van der Waals surface area contributed by atoms with Crippen molar-refractivity contribution in [1.29, 1.82) is 0 Å². The fourth-order valence-electron chi connectivity index (χ4n) is 3.87. The molecule has 0 aliphatic carbocycles. The number of aromatic nitrogens is 4. The second kappa shape index (κ2) is 6.42. The summed E-state index contributed by atoms with van der Waals surface area (Å²) >= 11 is 0. The largest absolute Gasteiger partial charge is 0.341 e. The minimum absolute atomic E-state index is 0.246. The zero-order valence-electron chi connectivity index (χ0n) is 15.3. The monoisotopic (exact) mass is 329 g/mol. The van der Waals surface area contributed by atoms with Crippen molar-refractivity contribution < 1.29 is 4.79 Å². The molecule has 3 heterocycles. The standard InChI is InChI=1S/C18H27N5O/c1-12-10-19-15(4)23(12)16-8-9-22(11-16)18(24)7-6-17-13(2)20-21(5)14(17)3/h10,16H,6-9,11H2,1-5H3. The molecule has 2 aromatic rings. The van der Waals surface area contributed by atoms with Crippen LogP contribution in [0.15, 0.2) is 6.20 Å². The van der Waals surface area contributed by atoms with E-state index < -0.39 is 0 Å². The van der Waals surface area contributed by atoms with E-state index in [9.17, 15) is 4.79 Å². The molecule has 0 N–H and O–H groups in total. The summed E-state index contributed by atoms with van der Waals surface area (Å²) in [6.07, 6.45) is 4.25. The number of aryl methyl sites for hydroxylation is 4. The summed E-state index contributed by atoms with van der Waals surface area (Å²) in [7, 11) is 1.95. The van der Waals surface area contributed by atoms with E-state index in [-0.39, 0.29) is 5.91 Å². The second-order valence-electron chi connectivity index (χ2n) is 6.87. The predicted molar refractivity (Wildman–Crippen MR) is 92.9 cm³/mol. The van der Waals surface area contributed by atoms with Gasteiger partial charge in [-0.25, -0.2) is 4.98 Å². The lowest BCUT2D eigenvalue weighted by Crippen LogP contribution is -2.29. The van der Waals surface area contributed by atoms with Crippen LogP contribution in [0.5, 0.6) is 0 Å². The molecule has 1 saturated heterocycles. The molecule has 0 saturated carbocycles. The van der Waals surface area contributed by atoms with Crippen molar-refractivity contribution in [1.82, 2.24) is 24.2 Å². The van der Waals surface area contributed by atoms with E-state index in [4.69, 9.17) is 0 Å². The van der Waals surface area contributed by atoms with Crippen LogP contribution >= 0.6 is 0 Å². The second-order valence-corrected chi connectivity index (χ2v) is 6.87. The van der Waals surface area contributed by atoms with Gasteiger partial charge in [0.2, 0.25) is 5.91 Å². The van der Waals surface area contributed by atoms with Crippen LogP contribution in [0, 0.1) is 27.7 Å². The van der Waals surface area contributed by atoms with Crippen molar-refractivity contribution in [3.63, 3.8) is 0 Å². The molecule has 0 spiro atoms. The molecule has 0 bridgehead atoms. The van der Waals surface area contributed by atoms with E-state index in [2.05, 4.69) is 28.5 Å². The Morgan fingerprint density at radius 1 is 1.29 bits per heavy atom. The summed E-state index contributed by atoms with van der Waals surface area (Å²) in [5, 5.41) is 4.43. The molecule has 1 aliphatic rings. The van der Waals surface area contributed by atoms with Crippen molar-refractivity contribution in [2.75, 3.05) is 13.1 Å². The minimum atomic E-state index is 0.246. The van der Waals surface area contributed by atoms with Crippen molar-refractivity contribution in [2.24, 2.45) is 7.05 Å². The molecule has 1 fully saturated rings. The van der Waals surface area contributed by atoms with Gasteiger partial charge in [0.15, 0.2) is 0 Å². The summed E-state index contributed by atoms with van der Waals surface area (Å²) in [5.74, 6) is 1.28. The lowest BCUT2D eigenvalue weighted by Gasteiger charge is -2.19. The Balaban J connectivity index is 1.61. The Kier molecular flexibility index (Phi) is 4.47. The summed E-state index contributed by atoms with van der Waals surface area (Å²) in [6, 6.07) is 0.360. The topological polar surface area (TPSA) is 56.0 Å². The first-order valence-electron chi connectivity index (χ1n) is 8.65. The fourth-order valence-corrected chi connectivity index (χ4v) is 3.87. The van der Waals surface area contributed by atoms with Gasteiger partial charge in [0.25, 0.3) is 0 Å². The van der Waals surface area contributed by atoms with Crippen molar-refractivity contribution >= 4 is 5.91 Å². The molecule has 1 aliphatic heterocycles. The third kappa shape index (κ3) is 2.97. The average molecular weight is 329 g/mol. The van der Waals surface area contributed by atoms with Gasteiger partial charge in [0, 0.05) is 44.1 Å². The van der Waals surface area contributed by atoms with Crippen LogP contribution in [0.25, 0.3) is 0 Å². The molecule has 1 atom stereocenters. The van der Waals surface area contributed by atoms with Gasteiger partial charge in [0.05, 0.1) is 11.7 Å². The number of nitrogens with zero attached hydrogens (tertiary/aromatic N) is 5. The minimum Gasteiger partial charge on any atom is -0.341 e. The molecular weight excluding hydrogens is 302 g/mol. The van der Waals surface area contributed by atoms with Crippen LogP contribution in [0.4, 0.5) is 0 Å². The van der Waals surface area contributed by atoms with Gasteiger partial charge in [-0.05, 0) is 46.1 Å². The highest BCUT2D eigenvalue weighted by atomic mass is 16.2. The lowest BCUT2D eigenvalue weighted by molar-refractivity contribution is -0.130. The van der Waals surface area contributed by atoms with Crippen LogP contribution in [0.1, 0.15) is 47.4 Å². The highest BCUT2D eigenvalue weighted by Gasteiger charge is 2.28. The molecule has 1 unspecified atom stereocenters. The third-order valence-corrected chi connectivity index (χ3v) is 5.30. The molecule has 6 nitrogen and oxygen atoms in total. The molecular formula is C18H27N5O. The maximum absolute atomic E-state index is 12.6. The van der Waals surface area contributed by atoms with E-state index in [1.54, 1.807) is 0 Å². The van der Waals surface area contributed by atoms with Gasteiger partial charge < -0.3 is 9.47 Å². The van der Waals surface area contributed by atoms with E-state index in [1.807, 2.05) is 36.7 Å². The van der Waals surface area contributed by atoms with Gasteiger partial charge in [-0.2, -0.15) is 5.10 Å². The van der Waals surface area contributed by atoms with E-state index in [0.717, 1.165) is 43.1 Å². The first kappa shape index (κ1) is 16.7. The number of carbonyl (C=O) groups excluding carboxylic acids is 1. The number of rotatable bonds is 4. The van der Waals surface area contributed by atoms with E-state index in [0.29, 0.717) is 12.5 Å². The molecule has 6 heteroatoms. The van der Waals surface area contributed by atoms with Crippen LogP contribution in [-0.2, 0) is 18.3 Å². The molecule has 0 aromatic carbocycles. The van der Waals surface area contributed by atoms with Gasteiger partial charge in [-0.15, -0.1) is 0 Å². The number of hydrogen-bond acceptors (Lipinski definition) is 3. The van der Waals surface area contributed by atoms with Crippen LogP contribution in [0.3, 0.4) is 0 Å². The molecule has 24 heavy (non-hydrogen) atoms. The molecule has 0 radical (unpaired) electrons. The quantitative estimate of drug-likeness (QED) is 0.864. The van der Waals surface area contributed by atoms with Crippen LogP contribution < -0.4 is 0 Å².